The van der Waals surface area contributed by atoms with Crippen molar-refractivity contribution in [3.05, 3.63) is 0 Å². The third-order valence-electron chi connectivity index (χ3n) is 2.94. The molecule has 3 heteroatoms. The van der Waals surface area contributed by atoms with Crippen LogP contribution in [0, 0.1) is 11.8 Å². The van der Waals surface area contributed by atoms with E-state index in [1.807, 2.05) is 13.8 Å². The number of aliphatic hydroxyl groups excluding tert-OH is 1. The minimum Gasteiger partial charge on any atom is -0.391 e. The maximum absolute atomic E-state index is 9.92. The lowest BCUT2D eigenvalue weighted by atomic mass is 9.79. The van der Waals surface area contributed by atoms with E-state index in [2.05, 4.69) is 13.8 Å². The number of ether oxygens (including phenoxy) is 1. The Hall–Kier alpha value is -0.120. The molecule has 0 radical (unpaired) electrons. The van der Waals surface area contributed by atoms with Crippen molar-refractivity contribution in [2.24, 2.45) is 17.6 Å². The Kier molecular flexibility index (Phi) is 3.00. The van der Waals surface area contributed by atoms with Gasteiger partial charge in [-0.1, -0.05) is 20.8 Å². The average Bonchev–Trinajstić information content (AvgIpc) is 2.00. The Morgan fingerprint density at radius 1 is 1.54 bits per heavy atom. The van der Waals surface area contributed by atoms with E-state index in [9.17, 15) is 5.11 Å². The maximum atomic E-state index is 9.92. The lowest BCUT2D eigenvalue weighted by molar-refractivity contribution is -0.142. The molecule has 78 valence electrons. The largest absolute Gasteiger partial charge is 0.391 e. The summed E-state index contributed by atoms with van der Waals surface area (Å²) in [6, 6.07) is 0. The molecule has 13 heavy (non-hydrogen) atoms. The zero-order valence-electron chi connectivity index (χ0n) is 8.95. The Bertz CT molecular complexity index is 178. The second-order valence-corrected chi connectivity index (χ2v) is 4.83. The minimum absolute atomic E-state index is 0.115. The van der Waals surface area contributed by atoms with Gasteiger partial charge in [-0.3, -0.25) is 0 Å². The summed E-state index contributed by atoms with van der Waals surface area (Å²) < 4.78 is 5.65. The molecule has 3 nitrogen and oxygen atoms in total. The van der Waals surface area contributed by atoms with E-state index in [0.29, 0.717) is 12.5 Å². The molecule has 0 aromatic heterocycles. The van der Waals surface area contributed by atoms with Crippen LogP contribution >= 0.6 is 0 Å². The van der Waals surface area contributed by atoms with Crippen LogP contribution in [-0.2, 0) is 4.74 Å². The van der Waals surface area contributed by atoms with Gasteiger partial charge in [0, 0.05) is 5.92 Å². The van der Waals surface area contributed by atoms with Crippen LogP contribution in [0.4, 0.5) is 0 Å². The highest BCUT2D eigenvalue weighted by Gasteiger charge is 2.43. The Morgan fingerprint density at radius 2 is 2.08 bits per heavy atom. The molecule has 1 fully saturated rings. The van der Waals surface area contributed by atoms with Gasteiger partial charge in [0.05, 0.1) is 24.4 Å². The first-order chi connectivity index (χ1) is 5.86. The lowest BCUT2D eigenvalue weighted by Crippen LogP contribution is -2.61. The van der Waals surface area contributed by atoms with Gasteiger partial charge in [0.15, 0.2) is 0 Å². The summed E-state index contributed by atoms with van der Waals surface area (Å²) in [6.07, 6.45) is -0.333. The van der Waals surface area contributed by atoms with E-state index in [-0.39, 0.29) is 12.0 Å². The number of rotatable bonds is 1. The molecule has 4 unspecified atom stereocenters. The minimum atomic E-state index is -0.592. The molecule has 1 rings (SSSR count). The van der Waals surface area contributed by atoms with Crippen LogP contribution in [-0.4, -0.2) is 29.5 Å². The average molecular weight is 187 g/mol. The predicted molar refractivity (Wildman–Crippen MR) is 52.3 cm³/mol. The second kappa shape index (κ2) is 3.56. The summed E-state index contributed by atoms with van der Waals surface area (Å²) in [4.78, 5) is 0. The van der Waals surface area contributed by atoms with E-state index >= 15 is 0 Å². The first-order valence-electron chi connectivity index (χ1n) is 4.95. The molecular weight excluding hydrogens is 166 g/mol. The van der Waals surface area contributed by atoms with E-state index < -0.39 is 11.6 Å². The summed E-state index contributed by atoms with van der Waals surface area (Å²) in [6.45, 7) is 8.49. The molecule has 0 aromatic rings. The fourth-order valence-corrected chi connectivity index (χ4v) is 2.09. The Morgan fingerprint density at radius 3 is 2.54 bits per heavy atom. The van der Waals surface area contributed by atoms with Gasteiger partial charge in [-0.15, -0.1) is 0 Å². The highest BCUT2D eigenvalue weighted by atomic mass is 16.5. The highest BCUT2D eigenvalue weighted by Crippen LogP contribution is 2.30. The standard InChI is InChI=1S/C10H21NO2/c1-6(2)8-7(3)9(12)10(4,11)5-13-8/h6-9,12H,5,11H2,1-4H3. The number of nitrogens with two attached hydrogens (primary N) is 1. The molecule has 4 atom stereocenters. The third kappa shape index (κ3) is 2.03. The van der Waals surface area contributed by atoms with Crippen molar-refractivity contribution in [2.45, 2.75) is 45.4 Å². The maximum Gasteiger partial charge on any atom is 0.0789 e. The summed E-state index contributed by atoms with van der Waals surface area (Å²) in [5.74, 6) is 0.546. The van der Waals surface area contributed by atoms with E-state index in [1.165, 1.54) is 0 Å². The fraction of sp³-hybridized carbons (Fsp3) is 1.00. The molecule has 0 aliphatic carbocycles. The first-order valence-corrected chi connectivity index (χ1v) is 4.95. The Labute approximate surface area is 80.3 Å². The smallest absolute Gasteiger partial charge is 0.0789 e. The van der Waals surface area contributed by atoms with Crippen LogP contribution in [0.2, 0.25) is 0 Å². The van der Waals surface area contributed by atoms with Crippen molar-refractivity contribution < 1.29 is 9.84 Å². The van der Waals surface area contributed by atoms with Gasteiger partial charge < -0.3 is 15.6 Å². The van der Waals surface area contributed by atoms with E-state index in [1.54, 1.807) is 0 Å². The molecular formula is C10H21NO2. The van der Waals surface area contributed by atoms with Crippen LogP contribution in [0.25, 0.3) is 0 Å². The normalized spacial score (nSPS) is 46.8. The third-order valence-corrected chi connectivity index (χ3v) is 2.94. The number of hydrogen-bond acceptors (Lipinski definition) is 3. The molecule has 0 aromatic carbocycles. The van der Waals surface area contributed by atoms with Crippen LogP contribution < -0.4 is 5.73 Å². The fourth-order valence-electron chi connectivity index (χ4n) is 2.09. The van der Waals surface area contributed by atoms with Gasteiger partial charge in [-0.2, -0.15) is 0 Å². The molecule has 0 amide bonds. The summed E-state index contributed by atoms with van der Waals surface area (Å²) in [7, 11) is 0. The monoisotopic (exact) mass is 187 g/mol. The molecule has 1 aliphatic heterocycles. The van der Waals surface area contributed by atoms with Gasteiger partial charge in [0.25, 0.3) is 0 Å². The number of aliphatic hydroxyl groups is 1. The van der Waals surface area contributed by atoms with Gasteiger partial charge >= 0.3 is 0 Å². The molecule has 0 spiro atoms. The molecule has 3 N–H and O–H groups in total. The van der Waals surface area contributed by atoms with Gasteiger partial charge in [-0.05, 0) is 12.8 Å². The summed E-state index contributed by atoms with van der Waals surface area (Å²) in [5.41, 5.74) is 5.31. The van der Waals surface area contributed by atoms with Crippen molar-refractivity contribution in [2.75, 3.05) is 6.61 Å². The van der Waals surface area contributed by atoms with E-state index in [0.717, 1.165) is 0 Å². The van der Waals surface area contributed by atoms with Crippen molar-refractivity contribution >= 4 is 0 Å². The highest BCUT2D eigenvalue weighted by molar-refractivity contribution is 4.96. The number of hydrogen-bond donors (Lipinski definition) is 2. The van der Waals surface area contributed by atoms with Crippen LogP contribution in [0.5, 0.6) is 0 Å². The van der Waals surface area contributed by atoms with Gasteiger partial charge in [0.1, 0.15) is 0 Å². The predicted octanol–water partition coefficient (Wildman–Crippen LogP) is 0.756. The first kappa shape index (κ1) is 11.0. The van der Waals surface area contributed by atoms with Crippen LogP contribution in [0.3, 0.4) is 0 Å². The molecule has 1 aliphatic rings. The molecule has 0 saturated carbocycles. The lowest BCUT2D eigenvalue weighted by Gasteiger charge is -2.44. The SMILES string of the molecule is CC(C)C1OCC(C)(N)C(O)C1C. The van der Waals surface area contributed by atoms with Crippen LogP contribution in [0.15, 0.2) is 0 Å². The van der Waals surface area contributed by atoms with Gasteiger partial charge in [0.2, 0.25) is 0 Å². The van der Waals surface area contributed by atoms with Crippen molar-refractivity contribution in [3.8, 4) is 0 Å². The van der Waals surface area contributed by atoms with Gasteiger partial charge in [-0.25, -0.2) is 0 Å². The molecule has 0 bridgehead atoms. The summed E-state index contributed by atoms with van der Waals surface area (Å²) >= 11 is 0. The van der Waals surface area contributed by atoms with E-state index in [4.69, 9.17) is 10.5 Å². The zero-order valence-corrected chi connectivity index (χ0v) is 8.95. The van der Waals surface area contributed by atoms with Crippen LogP contribution in [0.1, 0.15) is 27.7 Å². The van der Waals surface area contributed by atoms with Crippen molar-refractivity contribution in [3.63, 3.8) is 0 Å². The van der Waals surface area contributed by atoms with Crippen molar-refractivity contribution in [1.29, 1.82) is 0 Å². The zero-order chi connectivity index (χ0) is 10.2. The molecule has 1 heterocycles. The van der Waals surface area contributed by atoms with Crippen molar-refractivity contribution in [1.82, 2.24) is 0 Å². The topological polar surface area (TPSA) is 55.5 Å². The summed E-state index contributed by atoms with van der Waals surface area (Å²) in [5, 5.41) is 9.92. The molecule has 1 saturated heterocycles. The Balaban J connectivity index is 2.70. The quantitative estimate of drug-likeness (QED) is 0.637. The second-order valence-electron chi connectivity index (χ2n) is 4.83.